The van der Waals surface area contributed by atoms with E-state index in [1.54, 1.807) is 13.3 Å². The minimum absolute atomic E-state index is 0.106. The normalized spacial score (nSPS) is 11.4. The summed E-state index contributed by atoms with van der Waals surface area (Å²) >= 11 is 0. The third-order valence-electron chi connectivity index (χ3n) is 4.41. The number of aromatic nitrogens is 5. The molecular formula is C19H27N7O3. The molecule has 0 aromatic carbocycles. The molecule has 156 valence electrons. The van der Waals surface area contributed by atoms with Crippen LogP contribution >= 0.6 is 0 Å². The zero-order chi connectivity index (χ0) is 20.8. The number of aromatic amines is 1. The van der Waals surface area contributed by atoms with Crippen LogP contribution in [0, 0.1) is 0 Å². The van der Waals surface area contributed by atoms with Gasteiger partial charge in [-0.3, -0.25) is 9.55 Å². The Balaban J connectivity index is 1.78. The summed E-state index contributed by atoms with van der Waals surface area (Å²) in [7, 11) is 5.69. The molecule has 0 fully saturated rings. The number of aryl methyl sites for hydroxylation is 1. The molecule has 10 nitrogen and oxygen atoms in total. The number of H-pyrrole nitrogens is 1. The molecule has 0 amide bonds. The Morgan fingerprint density at radius 3 is 2.76 bits per heavy atom. The van der Waals surface area contributed by atoms with Gasteiger partial charge in [0.2, 0.25) is 0 Å². The summed E-state index contributed by atoms with van der Waals surface area (Å²) in [5, 5.41) is 0. The van der Waals surface area contributed by atoms with Crippen molar-refractivity contribution in [1.82, 2.24) is 29.4 Å². The van der Waals surface area contributed by atoms with Crippen molar-refractivity contribution in [2.75, 3.05) is 46.7 Å². The second-order valence-electron chi connectivity index (χ2n) is 7.01. The highest BCUT2D eigenvalue weighted by Crippen LogP contribution is 2.18. The Labute approximate surface area is 168 Å². The number of nitrogens with two attached hydrogens (primary N) is 1. The number of methoxy groups -OCH3 is 1. The first-order valence-corrected chi connectivity index (χ1v) is 9.44. The maximum atomic E-state index is 12.4. The number of rotatable bonds is 10. The lowest BCUT2D eigenvalue weighted by Gasteiger charge is -2.09. The molecule has 0 radical (unpaired) electrons. The number of pyridine rings is 1. The predicted molar refractivity (Wildman–Crippen MR) is 110 cm³/mol. The number of anilines is 1. The first-order chi connectivity index (χ1) is 14.0. The van der Waals surface area contributed by atoms with Crippen LogP contribution in [0.1, 0.15) is 17.7 Å². The molecule has 3 heterocycles. The van der Waals surface area contributed by atoms with Gasteiger partial charge in [0, 0.05) is 19.0 Å². The molecule has 0 atom stereocenters. The smallest absolute Gasteiger partial charge is 0.328 e. The van der Waals surface area contributed by atoms with Crippen LogP contribution in [-0.4, -0.2) is 70.4 Å². The van der Waals surface area contributed by atoms with Crippen molar-refractivity contribution < 1.29 is 9.47 Å². The Morgan fingerprint density at radius 2 is 2.07 bits per heavy atom. The third kappa shape index (κ3) is 5.30. The van der Waals surface area contributed by atoms with Gasteiger partial charge in [0.1, 0.15) is 12.1 Å². The Hall–Kier alpha value is -2.98. The fourth-order valence-corrected chi connectivity index (χ4v) is 2.91. The van der Waals surface area contributed by atoms with Gasteiger partial charge in [-0.15, -0.1) is 0 Å². The van der Waals surface area contributed by atoms with Gasteiger partial charge >= 0.3 is 11.7 Å². The first-order valence-electron chi connectivity index (χ1n) is 9.44. The van der Waals surface area contributed by atoms with Gasteiger partial charge in [0.15, 0.2) is 11.5 Å². The van der Waals surface area contributed by atoms with Gasteiger partial charge in [0.25, 0.3) is 0 Å². The summed E-state index contributed by atoms with van der Waals surface area (Å²) in [6.07, 6.45) is 3.75. The van der Waals surface area contributed by atoms with E-state index in [9.17, 15) is 4.79 Å². The number of nitrogen functional groups attached to an aromatic ring is 1. The first kappa shape index (κ1) is 20.7. The largest absolute Gasteiger partial charge is 0.461 e. The quantitative estimate of drug-likeness (QED) is 0.475. The molecule has 0 aliphatic carbocycles. The minimum Gasteiger partial charge on any atom is -0.461 e. The third-order valence-corrected chi connectivity index (χ3v) is 4.41. The number of ether oxygens (including phenoxy) is 2. The average molecular weight is 401 g/mol. The zero-order valence-corrected chi connectivity index (χ0v) is 17.0. The molecule has 29 heavy (non-hydrogen) atoms. The zero-order valence-electron chi connectivity index (χ0n) is 17.0. The highest BCUT2D eigenvalue weighted by atomic mass is 16.5. The number of fused-ring (bicyclic) bond motifs is 1. The molecule has 10 heteroatoms. The van der Waals surface area contributed by atoms with E-state index in [-0.39, 0.29) is 24.1 Å². The molecular weight excluding hydrogens is 374 g/mol. The summed E-state index contributed by atoms with van der Waals surface area (Å²) in [4.78, 5) is 30.2. The van der Waals surface area contributed by atoms with E-state index in [0.29, 0.717) is 24.3 Å². The Morgan fingerprint density at radius 1 is 1.24 bits per heavy atom. The molecule has 3 N–H and O–H groups in total. The fraction of sp³-hybridized carbons (Fsp3) is 0.474. The van der Waals surface area contributed by atoms with E-state index >= 15 is 0 Å². The summed E-state index contributed by atoms with van der Waals surface area (Å²) in [5.41, 5.74) is 8.35. The topological polar surface area (TPSA) is 124 Å². The highest BCUT2D eigenvalue weighted by molar-refractivity contribution is 5.81. The van der Waals surface area contributed by atoms with E-state index in [0.717, 1.165) is 30.6 Å². The van der Waals surface area contributed by atoms with Crippen LogP contribution in [0.25, 0.3) is 11.2 Å². The van der Waals surface area contributed by atoms with Crippen LogP contribution in [0.15, 0.2) is 23.1 Å². The van der Waals surface area contributed by atoms with Crippen LogP contribution in [0.4, 0.5) is 5.82 Å². The molecule has 0 unspecified atom stereocenters. The molecule has 3 aromatic rings. The molecule has 0 saturated carbocycles. The van der Waals surface area contributed by atoms with Gasteiger partial charge < -0.3 is 25.1 Å². The SMILES string of the molecule is COCCOc1nc(N)c2[nH]c(=O)n(Cc3ccc(CCCN(C)C)nc3)c2n1. The summed E-state index contributed by atoms with van der Waals surface area (Å²) in [6.45, 7) is 2.02. The lowest BCUT2D eigenvalue weighted by atomic mass is 10.2. The Kier molecular flexibility index (Phi) is 6.78. The summed E-state index contributed by atoms with van der Waals surface area (Å²) in [5.74, 6) is 0.160. The van der Waals surface area contributed by atoms with Crippen LogP contribution < -0.4 is 16.2 Å². The fourth-order valence-electron chi connectivity index (χ4n) is 2.91. The van der Waals surface area contributed by atoms with Crippen molar-refractivity contribution in [3.8, 4) is 6.01 Å². The van der Waals surface area contributed by atoms with E-state index in [2.05, 4.69) is 38.9 Å². The molecule has 0 aliphatic heterocycles. The van der Waals surface area contributed by atoms with Crippen molar-refractivity contribution in [2.45, 2.75) is 19.4 Å². The van der Waals surface area contributed by atoms with Gasteiger partial charge in [-0.25, -0.2) is 4.79 Å². The van der Waals surface area contributed by atoms with Crippen molar-refractivity contribution in [1.29, 1.82) is 0 Å². The molecule has 0 saturated heterocycles. The van der Waals surface area contributed by atoms with Crippen molar-refractivity contribution >= 4 is 17.0 Å². The lowest BCUT2D eigenvalue weighted by Crippen LogP contribution is -2.18. The predicted octanol–water partition coefficient (Wildman–Crippen LogP) is 0.665. The molecule has 3 rings (SSSR count). The monoisotopic (exact) mass is 401 g/mol. The van der Waals surface area contributed by atoms with Gasteiger partial charge in [-0.05, 0) is 45.1 Å². The van der Waals surface area contributed by atoms with E-state index < -0.39 is 0 Å². The molecule has 0 aliphatic rings. The van der Waals surface area contributed by atoms with Crippen LogP contribution in [0.2, 0.25) is 0 Å². The second-order valence-corrected chi connectivity index (χ2v) is 7.01. The minimum atomic E-state index is -0.315. The van der Waals surface area contributed by atoms with Gasteiger partial charge in [-0.1, -0.05) is 6.07 Å². The lowest BCUT2D eigenvalue weighted by molar-refractivity contribution is 0.141. The van der Waals surface area contributed by atoms with Gasteiger partial charge in [-0.2, -0.15) is 9.97 Å². The highest BCUT2D eigenvalue weighted by Gasteiger charge is 2.15. The standard InChI is InChI=1S/C19H27N7O3/c1-25(2)8-4-5-14-7-6-13(11-21-14)12-26-17-15(22-19(26)27)16(20)23-18(24-17)29-10-9-28-3/h6-7,11H,4-5,8-10,12H2,1-3H3,(H,22,27)(H2,20,23,24). The second kappa shape index (κ2) is 9.48. The average Bonchev–Trinajstić information content (AvgIpc) is 2.99. The number of hydrogen-bond acceptors (Lipinski definition) is 8. The van der Waals surface area contributed by atoms with Crippen LogP contribution in [0.3, 0.4) is 0 Å². The number of nitrogens with zero attached hydrogens (tertiary/aromatic N) is 5. The van der Waals surface area contributed by atoms with E-state index in [4.69, 9.17) is 15.2 Å². The molecule has 0 spiro atoms. The van der Waals surface area contributed by atoms with Crippen molar-refractivity contribution in [2.24, 2.45) is 0 Å². The van der Waals surface area contributed by atoms with E-state index in [1.807, 2.05) is 12.1 Å². The van der Waals surface area contributed by atoms with Crippen molar-refractivity contribution in [3.63, 3.8) is 0 Å². The summed E-state index contributed by atoms with van der Waals surface area (Å²) in [6, 6.07) is 4.08. The van der Waals surface area contributed by atoms with E-state index in [1.165, 1.54) is 4.57 Å². The Bertz CT molecular complexity index is 995. The van der Waals surface area contributed by atoms with Crippen LogP contribution in [-0.2, 0) is 17.7 Å². The molecule has 0 bridgehead atoms. The van der Waals surface area contributed by atoms with Crippen molar-refractivity contribution in [3.05, 3.63) is 40.1 Å². The number of nitrogens with one attached hydrogen (secondary N) is 1. The summed E-state index contributed by atoms with van der Waals surface area (Å²) < 4.78 is 11.9. The maximum absolute atomic E-state index is 12.4. The maximum Gasteiger partial charge on any atom is 0.328 e. The number of imidazole rings is 1. The number of hydrogen-bond donors (Lipinski definition) is 2. The molecule has 3 aromatic heterocycles. The van der Waals surface area contributed by atoms with Gasteiger partial charge in [0.05, 0.1) is 13.2 Å². The van der Waals surface area contributed by atoms with Crippen LogP contribution in [0.5, 0.6) is 6.01 Å².